The van der Waals surface area contributed by atoms with Crippen molar-refractivity contribution in [3.05, 3.63) is 24.3 Å². The lowest BCUT2D eigenvalue weighted by Gasteiger charge is -2.24. The molecular formula is C15H21F3N2O3. The molecule has 0 aliphatic heterocycles. The molecule has 0 fully saturated rings. The lowest BCUT2D eigenvalue weighted by Crippen LogP contribution is -2.40. The van der Waals surface area contributed by atoms with Gasteiger partial charge in [-0.1, -0.05) is 6.92 Å². The number of ether oxygens (including phenoxy) is 1. The first-order valence-electron chi connectivity index (χ1n) is 7.17. The summed E-state index contributed by atoms with van der Waals surface area (Å²) in [6.45, 7) is 1.86. The molecule has 1 unspecified atom stereocenters. The lowest BCUT2D eigenvalue weighted by atomic mass is 10.3. The van der Waals surface area contributed by atoms with Gasteiger partial charge in [0.05, 0.1) is 6.54 Å². The van der Waals surface area contributed by atoms with Crippen LogP contribution in [0.1, 0.15) is 13.8 Å². The highest BCUT2D eigenvalue weighted by atomic mass is 19.4. The summed E-state index contributed by atoms with van der Waals surface area (Å²) < 4.78 is 42.3. The summed E-state index contributed by atoms with van der Waals surface area (Å²) in [6, 6.07) is 6.47. The van der Waals surface area contributed by atoms with Crippen LogP contribution >= 0.6 is 0 Å². The van der Waals surface area contributed by atoms with Gasteiger partial charge in [-0.25, -0.2) is 0 Å². The van der Waals surface area contributed by atoms with E-state index < -0.39 is 18.8 Å². The van der Waals surface area contributed by atoms with Crippen molar-refractivity contribution in [3.63, 3.8) is 0 Å². The fourth-order valence-electron chi connectivity index (χ4n) is 1.94. The fraction of sp³-hybridized carbons (Fsp3) is 0.533. The number of nitrogens with one attached hydrogen (secondary N) is 1. The van der Waals surface area contributed by atoms with Gasteiger partial charge in [-0.2, -0.15) is 13.2 Å². The van der Waals surface area contributed by atoms with Crippen molar-refractivity contribution in [3.8, 4) is 5.75 Å². The van der Waals surface area contributed by atoms with E-state index in [0.717, 1.165) is 4.90 Å². The van der Waals surface area contributed by atoms with E-state index in [1.807, 2.05) is 0 Å². The van der Waals surface area contributed by atoms with Crippen molar-refractivity contribution in [1.29, 1.82) is 0 Å². The first-order valence-corrected chi connectivity index (χ1v) is 7.17. The van der Waals surface area contributed by atoms with Crippen molar-refractivity contribution in [2.24, 2.45) is 0 Å². The van der Waals surface area contributed by atoms with Gasteiger partial charge in [-0.05, 0) is 30.8 Å². The van der Waals surface area contributed by atoms with Crippen LogP contribution in [0.15, 0.2) is 24.3 Å². The summed E-state index contributed by atoms with van der Waals surface area (Å²) in [5.74, 6) is 0.260. The van der Waals surface area contributed by atoms with Crippen molar-refractivity contribution in [1.82, 2.24) is 4.90 Å². The Kier molecular flexibility index (Phi) is 7.31. The largest absolute Gasteiger partial charge is 0.491 e. The Labute approximate surface area is 133 Å². The number of anilines is 1. The number of carbonyl (C=O) groups excluding carboxylic acids is 1. The van der Waals surface area contributed by atoms with Gasteiger partial charge in [0.25, 0.3) is 0 Å². The molecule has 0 aromatic heterocycles. The molecule has 0 bridgehead atoms. The molecule has 8 heteroatoms. The van der Waals surface area contributed by atoms with Gasteiger partial charge in [0.1, 0.15) is 18.5 Å². The minimum atomic E-state index is -4.30. The molecule has 0 aliphatic carbocycles. The van der Waals surface area contributed by atoms with Crippen LogP contribution < -0.4 is 10.1 Å². The van der Waals surface area contributed by atoms with Crippen LogP contribution in [0.5, 0.6) is 5.75 Å². The van der Waals surface area contributed by atoms with Crippen LogP contribution in [-0.4, -0.2) is 54.4 Å². The molecular weight excluding hydrogens is 313 g/mol. The lowest BCUT2D eigenvalue weighted by molar-refractivity contribution is -0.148. The fourth-order valence-corrected chi connectivity index (χ4v) is 1.94. The number of aliphatic hydroxyl groups is 1. The van der Waals surface area contributed by atoms with E-state index in [1.165, 1.54) is 6.92 Å². The SMILES string of the molecule is CCN(CC(O)COc1ccc(NC(C)=O)cc1)CC(F)(F)F. The minimum Gasteiger partial charge on any atom is -0.491 e. The molecule has 1 aromatic rings. The number of amides is 1. The monoisotopic (exact) mass is 334 g/mol. The molecule has 0 radical (unpaired) electrons. The summed E-state index contributed by atoms with van der Waals surface area (Å²) in [4.78, 5) is 12.0. The number of hydrogen-bond acceptors (Lipinski definition) is 4. The van der Waals surface area contributed by atoms with Gasteiger partial charge in [-0.15, -0.1) is 0 Å². The first kappa shape index (κ1) is 19.2. The maximum atomic E-state index is 12.3. The van der Waals surface area contributed by atoms with E-state index in [1.54, 1.807) is 31.2 Å². The van der Waals surface area contributed by atoms with Crippen molar-refractivity contribution < 1.29 is 27.8 Å². The standard InChI is InChI=1S/C15H21F3N2O3/c1-3-20(10-15(16,17)18)8-13(22)9-23-14-6-4-12(5-7-14)19-11(2)21/h4-7,13,22H,3,8-10H2,1-2H3,(H,19,21). The second kappa shape index (κ2) is 8.73. The second-order valence-corrected chi connectivity index (χ2v) is 5.11. The first-order chi connectivity index (χ1) is 10.7. The molecule has 0 heterocycles. The highest BCUT2D eigenvalue weighted by Gasteiger charge is 2.30. The number of alkyl halides is 3. The zero-order valence-electron chi connectivity index (χ0n) is 13.1. The smallest absolute Gasteiger partial charge is 0.401 e. The predicted octanol–water partition coefficient (Wildman–Crippen LogP) is 2.27. The molecule has 5 nitrogen and oxygen atoms in total. The highest BCUT2D eigenvalue weighted by molar-refractivity contribution is 5.88. The number of halogens is 3. The minimum absolute atomic E-state index is 0.117. The van der Waals surface area contributed by atoms with Gasteiger partial charge in [-0.3, -0.25) is 9.69 Å². The van der Waals surface area contributed by atoms with Gasteiger partial charge in [0.2, 0.25) is 5.91 Å². The molecule has 130 valence electrons. The summed E-state index contributed by atoms with van der Waals surface area (Å²) in [6.07, 6.45) is -5.33. The van der Waals surface area contributed by atoms with E-state index in [2.05, 4.69) is 5.32 Å². The normalized spacial score (nSPS) is 13.0. The third kappa shape index (κ3) is 8.41. The Morgan fingerprint density at radius 2 is 1.96 bits per heavy atom. The summed E-state index contributed by atoms with van der Waals surface area (Å²) in [7, 11) is 0. The molecule has 1 aromatic carbocycles. The number of nitrogens with zero attached hydrogens (tertiary/aromatic N) is 1. The molecule has 0 spiro atoms. The van der Waals surface area contributed by atoms with Gasteiger partial charge in [0.15, 0.2) is 0 Å². The van der Waals surface area contributed by atoms with Gasteiger partial charge in [0, 0.05) is 19.2 Å². The van der Waals surface area contributed by atoms with E-state index in [9.17, 15) is 23.1 Å². The third-order valence-electron chi connectivity index (χ3n) is 2.94. The van der Waals surface area contributed by atoms with Crippen molar-refractivity contribution in [2.45, 2.75) is 26.1 Å². The Hall–Kier alpha value is -1.80. The maximum absolute atomic E-state index is 12.3. The summed E-state index contributed by atoms with van der Waals surface area (Å²) >= 11 is 0. The molecule has 2 N–H and O–H groups in total. The molecule has 0 saturated carbocycles. The third-order valence-corrected chi connectivity index (χ3v) is 2.94. The Bertz CT molecular complexity index is 492. The Morgan fingerprint density at radius 3 is 2.43 bits per heavy atom. The molecule has 1 atom stereocenters. The molecule has 1 rings (SSSR count). The summed E-state index contributed by atoms with van der Waals surface area (Å²) in [5.41, 5.74) is 0.604. The van der Waals surface area contributed by atoms with Crippen LogP contribution in [-0.2, 0) is 4.79 Å². The summed E-state index contributed by atoms with van der Waals surface area (Å²) in [5, 5.41) is 12.4. The molecule has 1 amide bonds. The highest BCUT2D eigenvalue weighted by Crippen LogP contribution is 2.17. The number of aliphatic hydroxyl groups excluding tert-OH is 1. The van der Waals surface area contributed by atoms with Crippen LogP contribution in [0.4, 0.5) is 18.9 Å². The van der Waals surface area contributed by atoms with Crippen LogP contribution in [0, 0.1) is 0 Å². The average molecular weight is 334 g/mol. The number of benzene rings is 1. The Morgan fingerprint density at radius 1 is 1.35 bits per heavy atom. The topological polar surface area (TPSA) is 61.8 Å². The van der Waals surface area contributed by atoms with Gasteiger partial charge >= 0.3 is 6.18 Å². The van der Waals surface area contributed by atoms with Crippen LogP contribution in [0.3, 0.4) is 0 Å². The van der Waals surface area contributed by atoms with Crippen LogP contribution in [0.2, 0.25) is 0 Å². The molecule has 0 saturated heterocycles. The van der Waals surface area contributed by atoms with Crippen molar-refractivity contribution >= 4 is 11.6 Å². The van der Waals surface area contributed by atoms with Gasteiger partial charge < -0.3 is 15.2 Å². The zero-order valence-corrected chi connectivity index (χ0v) is 13.1. The molecule has 0 aliphatic rings. The zero-order chi connectivity index (χ0) is 17.5. The van der Waals surface area contributed by atoms with E-state index in [-0.39, 0.29) is 25.6 Å². The maximum Gasteiger partial charge on any atom is 0.401 e. The van der Waals surface area contributed by atoms with Crippen LogP contribution in [0.25, 0.3) is 0 Å². The Balaban J connectivity index is 2.42. The second-order valence-electron chi connectivity index (χ2n) is 5.11. The number of hydrogen-bond donors (Lipinski definition) is 2. The van der Waals surface area contributed by atoms with E-state index in [4.69, 9.17) is 4.74 Å². The quantitative estimate of drug-likeness (QED) is 0.766. The predicted molar refractivity (Wildman–Crippen MR) is 80.4 cm³/mol. The van der Waals surface area contributed by atoms with E-state index >= 15 is 0 Å². The number of rotatable bonds is 8. The molecule has 23 heavy (non-hydrogen) atoms. The number of likely N-dealkylation sites (N-methyl/N-ethyl adjacent to an activating group) is 1. The van der Waals surface area contributed by atoms with Crippen molar-refractivity contribution in [2.75, 3.05) is 31.6 Å². The van der Waals surface area contributed by atoms with E-state index in [0.29, 0.717) is 11.4 Å². The number of carbonyl (C=O) groups is 1. The average Bonchev–Trinajstić information content (AvgIpc) is 2.44.